The third kappa shape index (κ3) is 3.45. The molecule has 1 aromatic carbocycles. The van der Waals surface area contributed by atoms with Crippen LogP contribution in [0.2, 0.25) is 0 Å². The fourth-order valence-corrected chi connectivity index (χ4v) is 4.63. The van der Waals surface area contributed by atoms with Crippen molar-refractivity contribution in [2.24, 2.45) is 5.92 Å². The van der Waals surface area contributed by atoms with E-state index >= 15 is 8.78 Å². The molecule has 0 spiro atoms. The number of methoxy groups -OCH3 is 2. The highest BCUT2D eigenvalue weighted by Gasteiger charge is 2.36. The predicted molar refractivity (Wildman–Crippen MR) is 118 cm³/mol. The molecule has 174 valence electrons. The fraction of sp³-hybridized carbons (Fsp3) is 0.391. The number of carbonyl (C=O) groups is 1. The Hall–Kier alpha value is -3.40. The molecule has 0 unspecified atom stereocenters. The van der Waals surface area contributed by atoms with Crippen LogP contribution in [0.3, 0.4) is 0 Å². The van der Waals surface area contributed by atoms with Gasteiger partial charge in [-0.05, 0) is 24.8 Å². The van der Waals surface area contributed by atoms with Gasteiger partial charge in [-0.15, -0.1) is 0 Å². The number of urea groups is 1. The lowest BCUT2D eigenvalue weighted by molar-refractivity contribution is 0.185. The van der Waals surface area contributed by atoms with Crippen LogP contribution in [0.1, 0.15) is 17.7 Å². The predicted octanol–water partition coefficient (Wildman–Crippen LogP) is 4.01. The molecule has 3 aromatic rings. The molecule has 1 N–H and O–H groups in total. The Labute approximate surface area is 189 Å². The summed E-state index contributed by atoms with van der Waals surface area (Å²) in [6.45, 7) is 1.45. The lowest BCUT2D eigenvalue weighted by Crippen LogP contribution is -2.46. The second-order valence-electron chi connectivity index (χ2n) is 8.31. The number of aromatic nitrogens is 2. The van der Waals surface area contributed by atoms with E-state index in [0.717, 1.165) is 48.1 Å². The van der Waals surface area contributed by atoms with E-state index in [9.17, 15) is 4.79 Å². The Morgan fingerprint density at radius 2 is 1.91 bits per heavy atom. The summed E-state index contributed by atoms with van der Waals surface area (Å²) in [5.74, 6) is -1.94. The highest BCUT2D eigenvalue weighted by atomic mass is 19.1. The zero-order valence-corrected chi connectivity index (χ0v) is 18.6. The number of amides is 2. The van der Waals surface area contributed by atoms with Crippen molar-refractivity contribution in [1.82, 2.24) is 9.97 Å². The number of H-pyrrole nitrogens is 1. The van der Waals surface area contributed by atoms with Crippen LogP contribution in [0.4, 0.5) is 25.0 Å². The van der Waals surface area contributed by atoms with Gasteiger partial charge in [-0.1, -0.05) is 0 Å². The maximum absolute atomic E-state index is 15.1. The monoisotopic (exact) mass is 458 g/mol. The number of aromatic amines is 1. The molecule has 0 bridgehead atoms. The van der Waals surface area contributed by atoms with Gasteiger partial charge in [0.05, 0.1) is 26.5 Å². The standard InChI is InChI=1S/C23H24F2N4O4/c1-28-20-13(9-26-22-15(20)7-14(27-22)6-12-4-5-33-11-12)10-29(23(28)30)21-18(24)16(31-2)8-17(32-3)19(21)25/h7-9,12H,4-6,10-11H2,1-3H3,(H,26,27)/t12-/m0/s1. The summed E-state index contributed by atoms with van der Waals surface area (Å²) in [4.78, 5) is 23.6. The first-order chi connectivity index (χ1) is 15.9. The minimum Gasteiger partial charge on any atom is -0.493 e. The second kappa shape index (κ2) is 8.18. The first-order valence-electron chi connectivity index (χ1n) is 10.6. The van der Waals surface area contributed by atoms with Gasteiger partial charge in [0.15, 0.2) is 23.1 Å². The molecule has 33 heavy (non-hydrogen) atoms. The number of hydrogen-bond donors (Lipinski definition) is 1. The summed E-state index contributed by atoms with van der Waals surface area (Å²) in [6, 6.07) is 2.53. The molecule has 1 fully saturated rings. The van der Waals surface area contributed by atoms with Crippen molar-refractivity contribution in [3.63, 3.8) is 0 Å². The number of rotatable bonds is 5. The molecule has 2 aliphatic rings. The van der Waals surface area contributed by atoms with E-state index in [-0.39, 0.29) is 18.0 Å². The van der Waals surface area contributed by atoms with Gasteiger partial charge in [0, 0.05) is 49.2 Å². The first kappa shape index (κ1) is 21.4. The second-order valence-corrected chi connectivity index (χ2v) is 8.31. The molecule has 5 rings (SSSR count). The average Bonchev–Trinajstić information content (AvgIpc) is 3.46. The van der Waals surface area contributed by atoms with E-state index in [0.29, 0.717) is 22.8 Å². The highest BCUT2D eigenvalue weighted by molar-refractivity contribution is 6.11. The number of anilines is 2. The summed E-state index contributed by atoms with van der Waals surface area (Å²) in [5.41, 5.74) is 2.49. The molecule has 8 nitrogen and oxygen atoms in total. The number of ether oxygens (including phenoxy) is 3. The molecule has 2 amide bonds. The molecular formula is C23H24F2N4O4. The summed E-state index contributed by atoms with van der Waals surface area (Å²) in [5, 5.41) is 0.793. The summed E-state index contributed by atoms with van der Waals surface area (Å²) in [6.07, 6.45) is 3.46. The van der Waals surface area contributed by atoms with Gasteiger partial charge in [-0.3, -0.25) is 9.80 Å². The SMILES string of the molecule is COc1cc(OC)c(F)c(N2Cc3cnc4[nH]c(C[C@@H]5CCOC5)cc4c3N(C)C2=O)c1F. The van der Waals surface area contributed by atoms with Crippen molar-refractivity contribution in [2.45, 2.75) is 19.4 Å². The maximum Gasteiger partial charge on any atom is 0.329 e. The van der Waals surface area contributed by atoms with Gasteiger partial charge in [-0.2, -0.15) is 0 Å². The van der Waals surface area contributed by atoms with Gasteiger partial charge < -0.3 is 19.2 Å². The number of benzene rings is 1. The Balaban J connectivity index is 1.57. The molecule has 0 aliphatic carbocycles. The van der Waals surface area contributed by atoms with E-state index in [1.54, 1.807) is 13.2 Å². The number of fused-ring (bicyclic) bond motifs is 3. The third-order valence-electron chi connectivity index (χ3n) is 6.30. The average molecular weight is 458 g/mol. The van der Waals surface area contributed by atoms with Crippen molar-refractivity contribution < 1.29 is 27.8 Å². The third-order valence-corrected chi connectivity index (χ3v) is 6.30. The minimum absolute atomic E-state index is 0.0530. The van der Waals surface area contributed by atoms with Gasteiger partial charge in [-0.25, -0.2) is 18.6 Å². The number of pyridine rings is 1. The molecule has 2 aromatic heterocycles. The Morgan fingerprint density at radius 1 is 1.18 bits per heavy atom. The topological polar surface area (TPSA) is 79.9 Å². The summed E-state index contributed by atoms with van der Waals surface area (Å²) in [7, 11) is 4.11. The molecule has 10 heteroatoms. The molecule has 1 saturated heterocycles. The van der Waals surface area contributed by atoms with Crippen LogP contribution in [0.25, 0.3) is 11.0 Å². The number of halogens is 2. The van der Waals surface area contributed by atoms with Gasteiger partial charge in [0.25, 0.3) is 0 Å². The number of hydrogen-bond acceptors (Lipinski definition) is 5. The molecular weight excluding hydrogens is 434 g/mol. The molecule has 0 radical (unpaired) electrons. The van der Waals surface area contributed by atoms with Crippen molar-refractivity contribution in [1.29, 1.82) is 0 Å². The van der Waals surface area contributed by atoms with Gasteiger partial charge in [0.1, 0.15) is 11.3 Å². The zero-order valence-electron chi connectivity index (χ0n) is 18.6. The van der Waals surface area contributed by atoms with Crippen LogP contribution in [0, 0.1) is 17.6 Å². The zero-order chi connectivity index (χ0) is 23.3. The van der Waals surface area contributed by atoms with Crippen LogP contribution in [0.15, 0.2) is 18.3 Å². The van der Waals surface area contributed by atoms with Crippen molar-refractivity contribution >= 4 is 28.4 Å². The summed E-state index contributed by atoms with van der Waals surface area (Å²) < 4.78 is 45.7. The Bertz CT molecular complexity index is 1210. The Morgan fingerprint density at radius 3 is 2.55 bits per heavy atom. The van der Waals surface area contributed by atoms with Gasteiger partial charge >= 0.3 is 6.03 Å². The van der Waals surface area contributed by atoms with Crippen molar-refractivity contribution in [3.05, 3.63) is 41.2 Å². The smallest absolute Gasteiger partial charge is 0.329 e. The number of nitrogens with one attached hydrogen (secondary N) is 1. The van der Waals surface area contributed by atoms with Crippen molar-refractivity contribution in [3.8, 4) is 11.5 Å². The van der Waals surface area contributed by atoms with E-state index < -0.39 is 23.4 Å². The lowest BCUT2D eigenvalue weighted by atomic mass is 10.0. The largest absolute Gasteiger partial charge is 0.493 e. The Kier molecular flexibility index (Phi) is 5.32. The molecule has 0 saturated carbocycles. The van der Waals surface area contributed by atoms with E-state index in [1.807, 2.05) is 6.07 Å². The van der Waals surface area contributed by atoms with Crippen molar-refractivity contribution in [2.75, 3.05) is 44.3 Å². The van der Waals surface area contributed by atoms with E-state index in [4.69, 9.17) is 14.2 Å². The molecule has 2 aliphatic heterocycles. The van der Waals surface area contributed by atoms with Crippen LogP contribution < -0.4 is 19.3 Å². The van der Waals surface area contributed by atoms with Crippen LogP contribution in [-0.2, 0) is 17.7 Å². The normalized spacial score (nSPS) is 18.2. The van der Waals surface area contributed by atoms with Crippen LogP contribution in [-0.4, -0.2) is 50.5 Å². The quantitative estimate of drug-likeness (QED) is 0.625. The minimum atomic E-state index is -0.974. The molecule has 1 atom stereocenters. The first-order valence-corrected chi connectivity index (χ1v) is 10.6. The highest BCUT2D eigenvalue weighted by Crippen LogP contribution is 2.42. The van der Waals surface area contributed by atoms with Crippen LogP contribution in [0.5, 0.6) is 11.5 Å². The summed E-state index contributed by atoms with van der Waals surface area (Å²) >= 11 is 0. The van der Waals surface area contributed by atoms with Gasteiger partial charge in [0.2, 0.25) is 0 Å². The molecule has 4 heterocycles. The lowest BCUT2D eigenvalue weighted by Gasteiger charge is -2.35. The van der Waals surface area contributed by atoms with E-state index in [1.165, 1.54) is 19.1 Å². The van der Waals surface area contributed by atoms with Crippen LogP contribution >= 0.6 is 0 Å². The fourth-order valence-electron chi connectivity index (χ4n) is 4.63. The number of nitrogens with zero attached hydrogens (tertiary/aromatic N) is 3. The number of carbonyl (C=O) groups excluding carboxylic acids is 1. The maximum atomic E-state index is 15.1. The van der Waals surface area contributed by atoms with E-state index in [2.05, 4.69) is 9.97 Å².